The number of aromatic nitrogens is 1. The average Bonchev–Trinajstić information content (AvgIpc) is 3.35. The number of halogens is 1. The number of hydrogen-bond acceptors (Lipinski definition) is 4. The molecule has 2 N–H and O–H groups in total. The van der Waals surface area contributed by atoms with Gasteiger partial charge in [-0.2, -0.15) is 0 Å². The van der Waals surface area contributed by atoms with Crippen LogP contribution < -0.4 is 15.4 Å². The zero-order valence-corrected chi connectivity index (χ0v) is 22.2. The number of nitrogens with zero attached hydrogens (tertiary/aromatic N) is 3. The summed E-state index contributed by atoms with van der Waals surface area (Å²) in [6.45, 7) is 2.69. The van der Waals surface area contributed by atoms with Gasteiger partial charge in [-0.3, -0.25) is 9.79 Å². The molecule has 34 heavy (non-hydrogen) atoms. The van der Waals surface area contributed by atoms with Gasteiger partial charge in [-0.15, -0.1) is 24.0 Å². The van der Waals surface area contributed by atoms with Gasteiger partial charge in [-0.1, -0.05) is 49.6 Å². The number of pyridine rings is 1. The number of amides is 1. The van der Waals surface area contributed by atoms with Crippen molar-refractivity contribution < 1.29 is 9.53 Å². The van der Waals surface area contributed by atoms with Gasteiger partial charge in [-0.05, 0) is 36.5 Å². The van der Waals surface area contributed by atoms with Crippen LogP contribution in [0.1, 0.15) is 49.7 Å². The second-order valence-corrected chi connectivity index (χ2v) is 8.95. The maximum atomic E-state index is 12.8. The van der Waals surface area contributed by atoms with Crippen LogP contribution in [0.25, 0.3) is 0 Å². The molecule has 4 rings (SSSR count). The molecular formula is C26H36IN5O2. The Hall–Kier alpha value is -2.36. The zero-order valence-electron chi connectivity index (χ0n) is 19.9. The summed E-state index contributed by atoms with van der Waals surface area (Å²) in [5, 5.41) is 6.86. The quantitative estimate of drug-likeness (QED) is 0.294. The molecule has 1 saturated heterocycles. The minimum Gasteiger partial charge on any atom is -0.473 e. The summed E-state index contributed by atoms with van der Waals surface area (Å²) < 4.78 is 5.84. The molecule has 1 saturated carbocycles. The van der Waals surface area contributed by atoms with Crippen molar-refractivity contribution in [2.45, 2.75) is 57.7 Å². The molecular weight excluding hydrogens is 541 g/mol. The molecule has 0 spiro atoms. The Morgan fingerprint density at radius 2 is 1.91 bits per heavy atom. The van der Waals surface area contributed by atoms with Crippen LogP contribution in [0.3, 0.4) is 0 Å². The van der Waals surface area contributed by atoms with E-state index in [4.69, 9.17) is 4.74 Å². The Morgan fingerprint density at radius 3 is 2.68 bits per heavy atom. The Kier molecular flexibility index (Phi) is 10.4. The van der Waals surface area contributed by atoms with Crippen LogP contribution in [0.15, 0.2) is 53.7 Å². The van der Waals surface area contributed by atoms with Gasteiger partial charge in [0.2, 0.25) is 11.8 Å². The lowest BCUT2D eigenvalue weighted by molar-refractivity contribution is -0.135. The average molecular weight is 578 g/mol. The van der Waals surface area contributed by atoms with E-state index in [0.29, 0.717) is 24.9 Å². The third-order valence-electron chi connectivity index (χ3n) is 6.51. The molecule has 2 aliphatic rings. The van der Waals surface area contributed by atoms with Gasteiger partial charge < -0.3 is 20.3 Å². The smallest absolute Gasteiger partial charge is 0.225 e. The van der Waals surface area contributed by atoms with Gasteiger partial charge in [0.1, 0.15) is 6.61 Å². The van der Waals surface area contributed by atoms with Crippen molar-refractivity contribution in [3.05, 3.63) is 59.8 Å². The molecule has 1 amide bonds. The van der Waals surface area contributed by atoms with Gasteiger partial charge in [0.15, 0.2) is 5.96 Å². The second-order valence-electron chi connectivity index (χ2n) is 8.95. The third kappa shape index (κ3) is 7.58. The first-order valence-electron chi connectivity index (χ1n) is 12.1. The SMILES string of the molecule is CN=C(NCc1ccnc(OCc2ccccc2)c1)NC1CCN(C(=O)C2CCCCC2)C1.I. The fourth-order valence-electron chi connectivity index (χ4n) is 4.63. The number of carbonyl (C=O) groups is 1. The van der Waals surface area contributed by atoms with Crippen LogP contribution in [0.4, 0.5) is 0 Å². The van der Waals surface area contributed by atoms with Crippen molar-refractivity contribution in [3.63, 3.8) is 0 Å². The summed E-state index contributed by atoms with van der Waals surface area (Å²) in [6, 6.07) is 14.2. The van der Waals surface area contributed by atoms with Crippen LogP contribution in [0.2, 0.25) is 0 Å². The van der Waals surface area contributed by atoms with E-state index in [-0.39, 0.29) is 35.9 Å². The number of benzene rings is 1. The highest BCUT2D eigenvalue weighted by Crippen LogP contribution is 2.26. The number of hydrogen-bond donors (Lipinski definition) is 2. The second kappa shape index (κ2) is 13.5. The van der Waals surface area contributed by atoms with Crippen molar-refractivity contribution >= 4 is 35.8 Å². The fourth-order valence-corrected chi connectivity index (χ4v) is 4.63. The number of nitrogens with one attached hydrogen (secondary N) is 2. The van der Waals surface area contributed by atoms with E-state index in [1.54, 1.807) is 13.2 Å². The van der Waals surface area contributed by atoms with E-state index < -0.39 is 0 Å². The molecule has 1 aliphatic heterocycles. The van der Waals surface area contributed by atoms with Crippen LogP contribution in [0, 0.1) is 5.92 Å². The number of ether oxygens (including phenoxy) is 1. The van der Waals surface area contributed by atoms with E-state index >= 15 is 0 Å². The lowest BCUT2D eigenvalue weighted by atomic mass is 9.88. The molecule has 1 aromatic heterocycles. The number of carbonyl (C=O) groups excluding carboxylic acids is 1. The molecule has 1 unspecified atom stereocenters. The standard InChI is InChI=1S/C26H35N5O2.HI/c1-27-26(30-23-13-15-31(18-23)25(32)22-10-6-3-7-11-22)29-17-21-12-14-28-24(16-21)33-19-20-8-4-2-5-9-20;/h2,4-5,8-9,12,14,16,22-23H,3,6-7,10-11,13,15,17-19H2,1H3,(H2,27,29,30);1H. The predicted octanol–water partition coefficient (Wildman–Crippen LogP) is 4.12. The summed E-state index contributed by atoms with van der Waals surface area (Å²) >= 11 is 0. The van der Waals surface area contributed by atoms with Crippen LogP contribution in [-0.4, -0.2) is 47.9 Å². The highest BCUT2D eigenvalue weighted by Gasteiger charge is 2.31. The van der Waals surface area contributed by atoms with Crippen LogP contribution in [0.5, 0.6) is 5.88 Å². The van der Waals surface area contributed by atoms with Crippen molar-refractivity contribution in [2.75, 3.05) is 20.1 Å². The van der Waals surface area contributed by atoms with E-state index in [2.05, 4.69) is 20.6 Å². The minimum absolute atomic E-state index is 0. The molecule has 2 heterocycles. The number of rotatable bonds is 7. The van der Waals surface area contributed by atoms with E-state index in [0.717, 1.165) is 49.4 Å². The summed E-state index contributed by atoms with van der Waals surface area (Å²) in [5.74, 6) is 1.94. The lowest BCUT2D eigenvalue weighted by Crippen LogP contribution is -2.45. The molecule has 7 nitrogen and oxygen atoms in total. The van der Waals surface area contributed by atoms with Crippen molar-refractivity contribution in [1.29, 1.82) is 0 Å². The first-order chi connectivity index (χ1) is 16.2. The molecule has 1 aromatic carbocycles. The lowest BCUT2D eigenvalue weighted by Gasteiger charge is -2.26. The van der Waals surface area contributed by atoms with Gasteiger partial charge >= 0.3 is 0 Å². The summed E-state index contributed by atoms with van der Waals surface area (Å²) in [7, 11) is 1.77. The summed E-state index contributed by atoms with van der Waals surface area (Å²) in [4.78, 5) is 23.5. The number of aliphatic imine (C=N–C) groups is 1. The molecule has 1 atom stereocenters. The molecule has 8 heteroatoms. The molecule has 0 radical (unpaired) electrons. The summed E-state index contributed by atoms with van der Waals surface area (Å²) in [5.41, 5.74) is 2.18. The minimum atomic E-state index is 0. The van der Waals surface area contributed by atoms with E-state index in [1.807, 2.05) is 47.4 Å². The largest absolute Gasteiger partial charge is 0.473 e. The fraction of sp³-hybridized carbons (Fsp3) is 0.500. The zero-order chi connectivity index (χ0) is 22.9. The molecule has 2 aromatic rings. The maximum absolute atomic E-state index is 12.8. The van der Waals surface area contributed by atoms with Gasteiger partial charge in [-0.25, -0.2) is 4.98 Å². The predicted molar refractivity (Wildman–Crippen MR) is 145 cm³/mol. The van der Waals surface area contributed by atoms with Crippen molar-refractivity contribution in [2.24, 2.45) is 10.9 Å². The maximum Gasteiger partial charge on any atom is 0.225 e. The van der Waals surface area contributed by atoms with Gasteiger partial charge in [0.05, 0.1) is 0 Å². The van der Waals surface area contributed by atoms with Crippen molar-refractivity contribution in [1.82, 2.24) is 20.5 Å². The Morgan fingerprint density at radius 1 is 1.12 bits per heavy atom. The monoisotopic (exact) mass is 577 g/mol. The molecule has 1 aliphatic carbocycles. The van der Waals surface area contributed by atoms with Gasteiger partial charge in [0.25, 0.3) is 0 Å². The Balaban J connectivity index is 0.00000324. The normalized spacial score (nSPS) is 18.8. The first kappa shape index (κ1) is 26.2. The number of likely N-dealkylation sites (tertiary alicyclic amines) is 1. The molecule has 0 bridgehead atoms. The highest BCUT2D eigenvalue weighted by atomic mass is 127. The Bertz CT molecular complexity index is 934. The van der Waals surface area contributed by atoms with Crippen molar-refractivity contribution in [3.8, 4) is 5.88 Å². The van der Waals surface area contributed by atoms with E-state index in [9.17, 15) is 4.79 Å². The van der Waals surface area contributed by atoms with Gasteiger partial charge in [0, 0.05) is 50.9 Å². The molecule has 184 valence electrons. The first-order valence-corrected chi connectivity index (χ1v) is 12.1. The summed E-state index contributed by atoms with van der Waals surface area (Å²) in [6.07, 6.45) is 8.48. The third-order valence-corrected chi connectivity index (χ3v) is 6.51. The van der Waals surface area contributed by atoms with Crippen LogP contribution >= 0.6 is 24.0 Å². The Labute approximate surface area is 219 Å². The highest BCUT2D eigenvalue weighted by molar-refractivity contribution is 14.0. The van der Waals surface area contributed by atoms with E-state index in [1.165, 1.54) is 19.3 Å². The molecule has 2 fully saturated rings. The number of guanidine groups is 1. The van der Waals surface area contributed by atoms with Crippen LogP contribution in [-0.2, 0) is 17.9 Å². The topological polar surface area (TPSA) is 78.9 Å².